The van der Waals surface area contributed by atoms with Gasteiger partial charge in [-0.1, -0.05) is 13.8 Å². The van der Waals surface area contributed by atoms with Gasteiger partial charge in [0.1, 0.15) is 12.1 Å². The second-order valence-corrected chi connectivity index (χ2v) is 4.04. The molecule has 1 N–H and O–H groups in total. The summed E-state index contributed by atoms with van der Waals surface area (Å²) in [7, 11) is 0. The summed E-state index contributed by atoms with van der Waals surface area (Å²) >= 11 is 0. The molecule has 4 heteroatoms. The minimum atomic E-state index is -0.377. The Balaban J connectivity index is 2.91. The zero-order chi connectivity index (χ0) is 10.9. The molecule has 0 saturated carbocycles. The summed E-state index contributed by atoms with van der Waals surface area (Å²) in [4.78, 5) is 25.0. The van der Waals surface area contributed by atoms with Crippen molar-refractivity contribution in [1.29, 1.82) is 0 Å². The first-order valence-electron chi connectivity index (χ1n) is 5.09. The fourth-order valence-corrected chi connectivity index (χ4v) is 1.90. The molecule has 1 heterocycles. The van der Waals surface area contributed by atoms with Gasteiger partial charge in [0.15, 0.2) is 0 Å². The van der Waals surface area contributed by atoms with Gasteiger partial charge < -0.3 is 10.2 Å². The first kappa shape index (κ1) is 11.0. The van der Waals surface area contributed by atoms with Crippen molar-refractivity contribution in [3.63, 3.8) is 0 Å². The quantitative estimate of drug-likeness (QED) is 0.697. The maximum atomic E-state index is 11.7. The number of likely N-dealkylation sites (N-methyl/N-ethyl adjacent to an activating group) is 1. The molecule has 0 aromatic rings. The highest BCUT2D eigenvalue weighted by atomic mass is 16.2. The lowest BCUT2D eigenvalue weighted by atomic mass is 9.97. The minimum Gasteiger partial charge on any atom is -0.343 e. The van der Waals surface area contributed by atoms with Crippen LogP contribution in [0.3, 0.4) is 0 Å². The Morgan fingerprint density at radius 1 is 1.43 bits per heavy atom. The van der Waals surface area contributed by atoms with Crippen molar-refractivity contribution in [2.45, 2.75) is 39.8 Å². The maximum Gasteiger partial charge on any atom is 0.245 e. The predicted molar refractivity (Wildman–Crippen MR) is 53.6 cm³/mol. The summed E-state index contributed by atoms with van der Waals surface area (Å²) < 4.78 is 0. The van der Waals surface area contributed by atoms with Crippen LogP contribution in [0.4, 0.5) is 0 Å². The van der Waals surface area contributed by atoms with Crippen LogP contribution in [0.2, 0.25) is 0 Å². The van der Waals surface area contributed by atoms with Crippen molar-refractivity contribution in [1.82, 2.24) is 10.2 Å². The van der Waals surface area contributed by atoms with E-state index in [9.17, 15) is 9.59 Å². The van der Waals surface area contributed by atoms with Crippen molar-refractivity contribution in [2.24, 2.45) is 5.92 Å². The van der Waals surface area contributed by atoms with E-state index in [0.29, 0.717) is 6.54 Å². The molecule has 2 amide bonds. The van der Waals surface area contributed by atoms with Crippen LogP contribution >= 0.6 is 0 Å². The molecule has 1 saturated heterocycles. The summed E-state index contributed by atoms with van der Waals surface area (Å²) in [6.07, 6.45) is 0. The van der Waals surface area contributed by atoms with Crippen molar-refractivity contribution in [3.8, 4) is 0 Å². The average Bonchev–Trinajstić information content (AvgIpc) is 2.09. The number of hydrogen-bond donors (Lipinski definition) is 1. The maximum absolute atomic E-state index is 11.7. The van der Waals surface area contributed by atoms with Gasteiger partial charge in [-0.2, -0.15) is 0 Å². The van der Waals surface area contributed by atoms with Crippen LogP contribution in [-0.2, 0) is 9.59 Å². The molecule has 0 aliphatic carbocycles. The normalized spacial score (nSPS) is 28.2. The van der Waals surface area contributed by atoms with Crippen LogP contribution in [0, 0.1) is 5.92 Å². The lowest BCUT2D eigenvalue weighted by Gasteiger charge is -2.39. The van der Waals surface area contributed by atoms with Crippen LogP contribution in [-0.4, -0.2) is 35.3 Å². The third kappa shape index (κ3) is 1.74. The molecule has 80 valence electrons. The summed E-state index contributed by atoms with van der Waals surface area (Å²) in [5.41, 5.74) is 0. The number of nitrogens with zero attached hydrogens (tertiary/aromatic N) is 1. The molecule has 1 rings (SSSR count). The SMILES string of the molecule is CCN1C(=O)C(C)NC(=O)C1C(C)C. The van der Waals surface area contributed by atoms with E-state index in [1.165, 1.54) is 0 Å². The summed E-state index contributed by atoms with van der Waals surface area (Å²) in [6, 6.07) is -0.679. The second-order valence-electron chi connectivity index (χ2n) is 4.04. The molecular formula is C10H18N2O2. The van der Waals surface area contributed by atoms with E-state index in [2.05, 4.69) is 5.32 Å². The van der Waals surface area contributed by atoms with Crippen LogP contribution in [0.1, 0.15) is 27.7 Å². The highest BCUT2D eigenvalue weighted by Crippen LogP contribution is 2.16. The van der Waals surface area contributed by atoms with Gasteiger partial charge in [0, 0.05) is 6.54 Å². The van der Waals surface area contributed by atoms with Gasteiger partial charge in [-0.15, -0.1) is 0 Å². The van der Waals surface area contributed by atoms with Gasteiger partial charge >= 0.3 is 0 Å². The largest absolute Gasteiger partial charge is 0.343 e. The van der Waals surface area contributed by atoms with E-state index in [-0.39, 0.29) is 29.8 Å². The van der Waals surface area contributed by atoms with Crippen LogP contribution in [0.25, 0.3) is 0 Å². The molecular weight excluding hydrogens is 180 g/mol. The van der Waals surface area contributed by atoms with Crippen molar-refractivity contribution in [2.75, 3.05) is 6.54 Å². The highest BCUT2D eigenvalue weighted by Gasteiger charge is 2.38. The molecule has 14 heavy (non-hydrogen) atoms. The molecule has 0 spiro atoms. The number of carbonyl (C=O) groups excluding carboxylic acids is 2. The number of nitrogens with one attached hydrogen (secondary N) is 1. The van der Waals surface area contributed by atoms with E-state index >= 15 is 0 Å². The van der Waals surface area contributed by atoms with Crippen molar-refractivity contribution < 1.29 is 9.59 Å². The summed E-state index contributed by atoms with van der Waals surface area (Å²) in [5, 5.41) is 2.69. The molecule has 1 aliphatic rings. The van der Waals surface area contributed by atoms with Crippen LogP contribution in [0.5, 0.6) is 0 Å². The van der Waals surface area contributed by atoms with E-state index in [0.717, 1.165) is 0 Å². The molecule has 1 fully saturated rings. The fraction of sp³-hybridized carbons (Fsp3) is 0.800. The van der Waals surface area contributed by atoms with E-state index in [4.69, 9.17) is 0 Å². The van der Waals surface area contributed by atoms with Crippen LogP contribution in [0.15, 0.2) is 0 Å². The van der Waals surface area contributed by atoms with Gasteiger partial charge in [-0.05, 0) is 19.8 Å². The van der Waals surface area contributed by atoms with E-state index in [1.54, 1.807) is 11.8 Å². The molecule has 1 aliphatic heterocycles. The number of carbonyl (C=O) groups is 2. The summed E-state index contributed by atoms with van der Waals surface area (Å²) in [5.74, 6) is 0.145. The fourth-order valence-electron chi connectivity index (χ4n) is 1.90. The standard InChI is InChI=1S/C10H18N2O2/c1-5-12-8(6(2)3)9(13)11-7(4)10(12)14/h6-8H,5H2,1-4H3,(H,11,13). The Labute approximate surface area is 84.7 Å². The third-order valence-electron chi connectivity index (χ3n) is 2.59. The smallest absolute Gasteiger partial charge is 0.245 e. The van der Waals surface area contributed by atoms with Gasteiger partial charge in [-0.3, -0.25) is 9.59 Å². The average molecular weight is 198 g/mol. The molecule has 0 aromatic heterocycles. The molecule has 0 radical (unpaired) electrons. The first-order valence-corrected chi connectivity index (χ1v) is 5.09. The minimum absolute atomic E-state index is 0.0193. The topological polar surface area (TPSA) is 49.4 Å². The third-order valence-corrected chi connectivity index (χ3v) is 2.59. The Morgan fingerprint density at radius 2 is 2.00 bits per heavy atom. The van der Waals surface area contributed by atoms with Gasteiger partial charge in [0.25, 0.3) is 0 Å². The summed E-state index contributed by atoms with van der Waals surface area (Å²) in [6.45, 7) is 8.13. The molecule has 2 atom stereocenters. The predicted octanol–water partition coefficient (Wildman–Crippen LogP) is 0.378. The number of amides is 2. The van der Waals surface area contributed by atoms with Gasteiger partial charge in [0.2, 0.25) is 11.8 Å². The molecule has 4 nitrogen and oxygen atoms in total. The lowest BCUT2D eigenvalue weighted by molar-refractivity contribution is -0.150. The highest BCUT2D eigenvalue weighted by molar-refractivity contribution is 5.96. The van der Waals surface area contributed by atoms with Crippen LogP contribution < -0.4 is 5.32 Å². The van der Waals surface area contributed by atoms with Gasteiger partial charge in [0.05, 0.1) is 0 Å². The lowest BCUT2D eigenvalue weighted by Crippen LogP contribution is -2.63. The zero-order valence-electron chi connectivity index (χ0n) is 9.20. The number of rotatable bonds is 2. The first-order chi connectivity index (χ1) is 6.49. The molecule has 2 unspecified atom stereocenters. The monoisotopic (exact) mass is 198 g/mol. The Hall–Kier alpha value is -1.06. The Morgan fingerprint density at radius 3 is 2.43 bits per heavy atom. The number of hydrogen-bond acceptors (Lipinski definition) is 2. The van der Waals surface area contributed by atoms with Crippen molar-refractivity contribution in [3.05, 3.63) is 0 Å². The van der Waals surface area contributed by atoms with E-state index < -0.39 is 0 Å². The number of piperazine rings is 1. The second kappa shape index (κ2) is 3.98. The Kier molecular flexibility index (Phi) is 3.13. The van der Waals surface area contributed by atoms with Crippen molar-refractivity contribution >= 4 is 11.8 Å². The van der Waals surface area contributed by atoms with E-state index in [1.807, 2.05) is 20.8 Å². The zero-order valence-corrected chi connectivity index (χ0v) is 9.20. The molecule has 0 aromatic carbocycles. The molecule has 0 bridgehead atoms. The Bertz CT molecular complexity index is 251. The van der Waals surface area contributed by atoms with Gasteiger partial charge in [-0.25, -0.2) is 0 Å².